The Kier molecular flexibility index (Phi) is 5.02. The van der Waals surface area contributed by atoms with Gasteiger partial charge in [0.05, 0.1) is 3.74 Å². The van der Waals surface area contributed by atoms with Gasteiger partial charge in [0, 0.05) is 6.42 Å². The Morgan fingerprint density at radius 1 is 1.57 bits per heavy atom. The largest absolute Gasteiger partial charge is 0.120 e. The molecule has 0 amide bonds. The van der Waals surface area contributed by atoms with E-state index >= 15 is 0 Å². The van der Waals surface area contributed by atoms with Crippen LogP contribution < -0.4 is 0 Å². The summed E-state index contributed by atoms with van der Waals surface area (Å²) in [7, 11) is 0. The molecule has 0 N–H and O–H groups in total. The third-order valence-electron chi connectivity index (χ3n) is 0.507. The summed E-state index contributed by atoms with van der Waals surface area (Å²) >= 11 is 6.59. The molecule has 40 valence electrons. The average Bonchev–Trinajstić information content (AvgIpc) is 1.61. The van der Waals surface area contributed by atoms with Crippen LogP contribution in [0.1, 0.15) is 12.8 Å². The van der Waals surface area contributed by atoms with Gasteiger partial charge in [-0.2, -0.15) is 0 Å². The molecule has 0 saturated heterocycles. The lowest BCUT2D eigenvalue weighted by Gasteiger charge is -1.91. The predicted molar refractivity (Wildman–Crippen MR) is 39.7 cm³/mol. The van der Waals surface area contributed by atoms with Gasteiger partial charge in [-0.15, -0.1) is 12.3 Å². The van der Waals surface area contributed by atoms with E-state index in [0.717, 1.165) is 12.8 Å². The van der Waals surface area contributed by atoms with E-state index in [2.05, 4.69) is 37.8 Å². The van der Waals surface area contributed by atoms with Gasteiger partial charge in [-0.3, -0.25) is 0 Å². The van der Waals surface area contributed by atoms with Crippen LogP contribution in [-0.2, 0) is 0 Å². The van der Waals surface area contributed by atoms with Crippen LogP contribution in [0.25, 0.3) is 0 Å². The van der Waals surface area contributed by atoms with Crippen molar-refractivity contribution in [3.05, 3.63) is 0 Å². The molecule has 7 heavy (non-hydrogen) atoms. The summed E-state index contributed by atoms with van der Waals surface area (Å²) in [4.78, 5) is 0. The molecule has 0 bridgehead atoms. The van der Waals surface area contributed by atoms with E-state index in [1.54, 1.807) is 0 Å². The molecule has 0 aliphatic carbocycles. The van der Waals surface area contributed by atoms with Gasteiger partial charge in [-0.1, -0.05) is 31.9 Å². The normalized spacial score (nSPS) is 8.86. The van der Waals surface area contributed by atoms with Crippen LogP contribution in [0.5, 0.6) is 0 Å². The maximum absolute atomic E-state index is 4.99. The van der Waals surface area contributed by atoms with Crippen LogP contribution in [0.4, 0.5) is 0 Å². The van der Waals surface area contributed by atoms with Gasteiger partial charge in [-0.25, -0.2) is 0 Å². The zero-order valence-corrected chi connectivity index (χ0v) is 7.00. The van der Waals surface area contributed by atoms with Gasteiger partial charge in [0.25, 0.3) is 0 Å². The molecule has 0 nitrogen and oxygen atoms in total. The highest BCUT2D eigenvalue weighted by Gasteiger charge is 1.91. The van der Waals surface area contributed by atoms with Crippen molar-refractivity contribution in [2.45, 2.75) is 16.6 Å². The first-order valence-corrected chi connectivity index (χ1v) is 3.82. The Balaban J connectivity index is 2.86. The molecule has 0 aromatic heterocycles. The van der Waals surface area contributed by atoms with E-state index in [-0.39, 0.29) is 0 Å². The molecular formula is C5H6Br2. The van der Waals surface area contributed by atoms with Crippen LogP contribution in [0.3, 0.4) is 0 Å². The predicted octanol–water partition coefficient (Wildman–Crippen LogP) is 2.52. The van der Waals surface area contributed by atoms with Gasteiger partial charge in [0.1, 0.15) is 0 Å². The van der Waals surface area contributed by atoms with E-state index in [1.165, 1.54) is 0 Å². The fraction of sp³-hybridized carbons (Fsp3) is 0.600. The van der Waals surface area contributed by atoms with Crippen LogP contribution in [-0.4, -0.2) is 3.74 Å². The number of terminal acetylenes is 1. The molecule has 0 saturated carbocycles. The maximum atomic E-state index is 4.99. The van der Waals surface area contributed by atoms with Crippen molar-refractivity contribution in [3.8, 4) is 12.3 Å². The van der Waals surface area contributed by atoms with Crippen LogP contribution in [0, 0.1) is 12.3 Å². The highest BCUT2D eigenvalue weighted by molar-refractivity contribution is 9.24. The first-order chi connectivity index (χ1) is 3.27. The smallest absolute Gasteiger partial charge is 0.0707 e. The quantitative estimate of drug-likeness (QED) is 0.501. The van der Waals surface area contributed by atoms with Crippen LogP contribution >= 0.6 is 31.9 Å². The molecule has 0 radical (unpaired) electrons. The lowest BCUT2D eigenvalue weighted by atomic mass is 10.4. The van der Waals surface area contributed by atoms with Crippen LogP contribution in [0.2, 0.25) is 0 Å². The van der Waals surface area contributed by atoms with Gasteiger partial charge in [0.2, 0.25) is 0 Å². The Morgan fingerprint density at radius 2 is 2.14 bits per heavy atom. The molecule has 0 atom stereocenters. The number of halogens is 2. The molecule has 2 heteroatoms. The van der Waals surface area contributed by atoms with Gasteiger partial charge in [0.15, 0.2) is 0 Å². The Morgan fingerprint density at radius 3 is 2.29 bits per heavy atom. The highest BCUT2D eigenvalue weighted by atomic mass is 79.9. The molecule has 0 heterocycles. The molecule has 0 spiro atoms. The monoisotopic (exact) mass is 224 g/mol. The van der Waals surface area contributed by atoms with E-state index in [4.69, 9.17) is 6.42 Å². The number of hydrogen-bond acceptors (Lipinski definition) is 0. The second-order valence-corrected chi connectivity index (χ2v) is 4.57. The van der Waals surface area contributed by atoms with Crippen molar-refractivity contribution in [1.29, 1.82) is 0 Å². The van der Waals surface area contributed by atoms with E-state index < -0.39 is 0 Å². The number of rotatable bonds is 2. The molecule has 0 aliphatic rings. The first-order valence-electron chi connectivity index (χ1n) is 1.99. The second-order valence-electron chi connectivity index (χ2n) is 1.13. The summed E-state index contributed by atoms with van der Waals surface area (Å²) in [5.41, 5.74) is 0. The van der Waals surface area contributed by atoms with Crippen molar-refractivity contribution in [3.63, 3.8) is 0 Å². The summed E-state index contributed by atoms with van der Waals surface area (Å²) in [6, 6.07) is 0. The SMILES string of the molecule is C#CCCC(Br)Br. The van der Waals surface area contributed by atoms with Gasteiger partial charge >= 0.3 is 0 Å². The summed E-state index contributed by atoms with van der Waals surface area (Å²) in [5, 5.41) is 0. The van der Waals surface area contributed by atoms with Gasteiger partial charge < -0.3 is 0 Å². The van der Waals surface area contributed by atoms with Crippen molar-refractivity contribution in [2.75, 3.05) is 0 Å². The number of alkyl halides is 2. The van der Waals surface area contributed by atoms with Gasteiger partial charge in [-0.05, 0) is 6.42 Å². The minimum Gasteiger partial charge on any atom is -0.120 e. The molecule has 0 aromatic carbocycles. The molecule has 0 fully saturated rings. The van der Waals surface area contributed by atoms with E-state index in [0.29, 0.717) is 3.74 Å². The highest BCUT2D eigenvalue weighted by Crippen LogP contribution is 2.13. The molecule has 0 unspecified atom stereocenters. The zero-order valence-electron chi connectivity index (χ0n) is 3.82. The molecule has 0 rings (SSSR count). The standard InChI is InChI=1S/C5H6Br2/c1-2-3-4-5(6)7/h1,5H,3-4H2. The summed E-state index contributed by atoms with van der Waals surface area (Å²) < 4.78 is 0.385. The van der Waals surface area contributed by atoms with Crippen LogP contribution in [0.15, 0.2) is 0 Å². The maximum Gasteiger partial charge on any atom is 0.0707 e. The van der Waals surface area contributed by atoms with E-state index in [9.17, 15) is 0 Å². The lowest BCUT2D eigenvalue weighted by Crippen LogP contribution is -1.80. The summed E-state index contributed by atoms with van der Waals surface area (Å²) in [6.45, 7) is 0. The summed E-state index contributed by atoms with van der Waals surface area (Å²) in [6.07, 6.45) is 6.82. The zero-order chi connectivity index (χ0) is 5.70. The third-order valence-corrected chi connectivity index (χ3v) is 1.42. The van der Waals surface area contributed by atoms with Crippen molar-refractivity contribution in [2.24, 2.45) is 0 Å². The Labute approximate surface area is 60.9 Å². The molecule has 0 aromatic rings. The number of hydrogen-bond donors (Lipinski definition) is 0. The Hall–Kier alpha value is 0.520. The van der Waals surface area contributed by atoms with Crippen molar-refractivity contribution < 1.29 is 0 Å². The first kappa shape index (κ1) is 7.52. The Bertz CT molecular complexity index is 70.6. The molecular weight excluding hydrogens is 220 g/mol. The molecule has 0 aliphatic heterocycles. The van der Waals surface area contributed by atoms with E-state index in [1.807, 2.05) is 0 Å². The second kappa shape index (κ2) is 4.67. The van der Waals surface area contributed by atoms with Crippen molar-refractivity contribution in [1.82, 2.24) is 0 Å². The fourth-order valence-electron chi connectivity index (χ4n) is 0.192. The average molecular weight is 226 g/mol. The minimum atomic E-state index is 0.385. The summed E-state index contributed by atoms with van der Waals surface area (Å²) in [5.74, 6) is 2.54. The lowest BCUT2D eigenvalue weighted by molar-refractivity contribution is 0.980. The van der Waals surface area contributed by atoms with Crippen molar-refractivity contribution >= 4 is 31.9 Å². The fourth-order valence-corrected chi connectivity index (χ4v) is 0.650. The topological polar surface area (TPSA) is 0 Å². The third kappa shape index (κ3) is 6.52. The minimum absolute atomic E-state index is 0.385.